The van der Waals surface area contributed by atoms with E-state index in [0.29, 0.717) is 17.4 Å². The van der Waals surface area contributed by atoms with E-state index in [-0.39, 0.29) is 6.10 Å². The molecule has 2 N–H and O–H groups in total. The van der Waals surface area contributed by atoms with Crippen molar-refractivity contribution >= 4 is 5.69 Å². The largest absolute Gasteiger partial charge is 0.481 e. The number of nitrogens with zero attached hydrogens (tertiary/aromatic N) is 1. The molecule has 2 rings (SSSR count). The number of anilines is 1. The quantitative estimate of drug-likeness (QED) is 0.820. The maximum Gasteiger partial charge on any atom is 0.240 e. The zero-order valence-electron chi connectivity index (χ0n) is 10.3. The Morgan fingerprint density at radius 2 is 1.88 bits per heavy atom. The van der Waals surface area contributed by atoms with Gasteiger partial charge in [-0.05, 0) is 31.7 Å². The van der Waals surface area contributed by atoms with Crippen molar-refractivity contribution < 1.29 is 9.47 Å². The zero-order chi connectivity index (χ0) is 12.1. The first kappa shape index (κ1) is 12.0. The van der Waals surface area contributed by atoms with Gasteiger partial charge in [-0.15, -0.1) is 0 Å². The highest BCUT2D eigenvalue weighted by atomic mass is 16.5. The maximum absolute atomic E-state index is 5.89. The van der Waals surface area contributed by atoms with Gasteiger partial charge in [0.05, 0.1) is 12.8 Å². The van der Waals surface area contributed by atoms with Gasteiger partial charge in [0.25, 0.3) is 0 Å². The van der Waals surface area contributed by atoms with Crippen LogP contribution in [0.25, 0.3) is 0 Å². The third-order valence-corrected chi connectivity index (χ3v) is 3.15. The smallest absolute Gasteiger partial charge is 0.240 e. The highest BCUT2D eigenvalue weighted by Crippen LogP contribution is 2.27. The van der Waals surface area contributed by atoms with Gasteiger partial charge in [-0.1, -0.05) is 12.8 Å². The van der Waals surface area contributed by atoms with Crippen molar-refractivity contribution in [1.29, 1.82) is 0 Å². The van der Waals surface area contributed by atoms with E-state index >= 15 is 0 Å². The Morgan fingerprint density at radius 3 is 2.53 bits per heavy atom. The molecule has 1 heterocycles. The van der Waals surface area contributed by atoms with Gasteiger partial charge in [0.1, 0.15) is 6.10 Å². The van der Waals surface area contributed by atoms with Crippen LogP contribution >= 0.6 is 0 Å². The summed E-state index contributed by atoms with van der Waals surface area (Å²) >= 11 is 0. The molecule has 1 aromatic heterocycles. The van der Waals surface area contributed by atoms with Crippen molar-refractivity contribution in [1.82, 2.24) is 4.98 Å². The van der Waals surface area contributed by atoms with Crippen molar-refractivity contribution in [3.63, 3.8) is 0 Å². The Balaban J connectivity index is 2.05. The van der Waals surface area contributed by atoms with Crippen LogP contribution in [0.3, 0.4) is 0 Å². The topological polar surface area (TPSA) is 57.4 Å². The number of nitrogens with two attached hydrogens (primary N) is 1. The molecule has 0 aromatic carbocycles. The van der Waals surface area contributed by atoms with E-state index < -0.39 is 0 Å². The predicted octanol–water partition coefficient (Wildman–Crippen LogP) is 2.77. The number of rotatable bonds is 3. The molecule has 1 aliphatic carbocycles. The number of aromatic nitrogens is 1. The summed E-state index contributed by atoms with van der Waals surface area (Å²) in [5.74, 6) is 1.05. The Labute approximate surface area is 102 Å². The summed E-state index contributed by atoms with van der Waals surface area (Å²) in [5.41, 5.74) is 6.44. The Hall–Kier alpha value is -1.45. The number of methoxy groups -OCH3 is 1. The monoisotopic (exact) mass is 236 g/mol. The third kappa shape index (κ3) is 3.25. The fourth-order valence-electron chi connectivity index (χ4n) is 2.16. The van der Waals surface area contributed by atoms with E-state index in [1.165, 1.54) is 25.7 Å². The standard InChI is InChI=1S/C13H20N2O2/c1-16-12-9-8-11(14)13(15-12)17-10-6-4-2-3-5-7-10/h8-10H,2-7,14H2,1H3. The van der Waals surface area contributed by atoms with E-state index in [9.17, 15) is 0 Å². The SMILES string of the molecule is COc1ccc(N)c(OC2CCCCCC2)n1. The number of pyridine rings is 1. The number of ether oxygens (including phenoxy) is 2. The van der Waals surface area contributed by atoms with Crippen LogP contribution in [-0.2, 0) is 0 Å². The van der Waals surface area contributed by atoms with Crippen molar-refractivity contribution in [2.45, 2.75) is 44.6 Å². The molecule has 1 aliphatic rings. The highest BCUT2D eigenvalue weighted by molar-refractivity contribution is 5.49. The molecule has 1 aromatic rings. The van der Waals surface area contributed by atoms with Crippen molar-refractivity contribution in [3.05, 3.63) is 12.1 Å². The van der Waals surface area contributed by atoms with Crippen LogP contribution < -0.4 is 15.2 Å². The van der Waals surface area contributed by atoms with Crippen LogP contribution in [0.4, 0.5) is 5.69 Å². The van der Waals surface area contributed by atoms with Gasteiger partial charge in [0, 0.05) is 6.07 Å². The minimum Gasteiger partial charge on any atom is -0.481 e. The fraction of sp³-hybridized carbons (Fsp3) is 0.615. The van der Waals surface area contributed by atoms with Crippen molar-refractivity contribution in [2.24, 2.45) is 0 Å². The zero-order valence-corrected chi connectivity index (χ0v) is 10.3. The molecule has 4 heteroatoms. The minimum atomic E-state index is 0.249. The van der Waals surface area contributed by atoms with Crippen molar-refractivity contribution in [3.8, 4) is 11.8 Å². The summed E-state index contributed by atoms with van der Waals surface area (Å²) in [6.45, 7) is 0. The molecule has 0 unspecified atom stereocenters. The second kappa shape index (κ2) is 5.75. The molecule has 4 nitrogen and oxygen atoms in total. The van der Waals surface area contributed by atoms with E-state index in [0.717, 1.165) is 12.8 Å². The van der Waals surface area contributed by atoms with E-state index in [2.05, 4.69) is 4.98 Å². The predicted molar refractivity (Wildman–Crippen MR) is 67.3 cm³/mol. The summed E-state index contributed by atoms with van der Waals surface area (Å²) in [6.07, 6.45) is 7.51. The lowest BCUT2D eigenvalue weighted by Gasteiger charge is -2.17. The van der Waals surface area contributed by atoms with Gasteiger partial charge in [-0.2, -0.15) is 4.98 Å². The number of hydrogen-bond donors (Lipinski definition) is 1. The van der Waals surface area contributed by atoms with Crippen LogP contribution in [0.15, 0.2) is 12.1 Å². The molecule has 94 valence electrons. The van der Waals surface area contributed by atoms with Crippen LogP contribution in [0.1, 0.15) is 38.5 Å². The summed E-state index contributed by atoms with van der Waals surface area (Å²) in [7, 11) is 1.59. The minimum absolute atomic E-state index is 0.249. The Kier molecular flexibility index (Phi) is 4.07. The molecule has 0 saturated heterocycles. The van der Waals surface area contributed by atoms with Gasteiger partial charge in [0.2, 0.25) is 11.8 Å². The van der Waals surface area contributed by atoms with Crippen molar-refractivity contribution in [2.75, 3.05) is 12.8 Å². The lowest BCUT2D eigenvalue weighted by atomic mass is 10.1. The first-order chi connectivity index (χ1) is 8.29. The molecule has 0 radical (unpaired) electrons. The lowest BCUT2D eigenvalue weighted by Crippen LogP contribution is -2.16. The summed E-state index contributed by atoms with van der Waals surface area (Å²) in [6, 6.07) is 3.52. The first-order valence-electron chi connectivity index (χ1n) is 6.27. The fourth-order valence-corrected chi connectivity index (χ4v) is 2.16. The van der Waals surface area contributed by atoms with Crippen LogP contribution in [0, 0.1) is 0 Å². The van der Waals surface area contributed by atoms with Crippen LogP contribution in [-0.4, -0.2) is 18.2 Å². The second-order valence-electron chi connectivity index (χ2n) is 4.48. The molecule has 0 bridgehead atoms. The van der Waals surface area contributed by atoms with Crippen LogP contribution in [0.5, 0.6) is 11.8 Å². The second-order valence-corrected chi connectivity index (χ2v) is 4.48. The molecule has 0 spiro atoms. The molecule has 1 fully saturated rings. The Morgan fingerprint density at radius 1 is 1.18 bits per heavy atom. The average molecular weight is 236 g/mol. The molecule has 0 atom stereocenters. The summed E-state index contributed by atoms with van der Waals surface area (Å²) < 4.78 is 11.0. The maximum atomic E-state index is 5.89. The van der Waals surface area contributed by atoms with Gasteiger partial charge in [-0.25, -0.2) is 0 Å². The molecule has 1 saturated carbocycles. The first-order valence-corrected chi connectivity index (χ1v) is 6.27. The van der Waals surface area contributed by atoms with Gasteiger partial charge < -0.3 is 15.2 Å². The highest BCUT2D eigenvalue weighted by Gasteiger charge is 2.16. The number of nitrogen functional groups attached to an aromatic ring is 1. The molecular formula is C13H20N2O2. The molecule has 17 heavy (non-hydrogen) atoms. The molecule has 0 aliphatic heterocycles. The van der Waals surface area contributed by atoms with Gasteiger partial charge in [0.15, 0.2) is 0 Å². The van der Waals surface area contributed by atoms with Crippen LogP contribution in [0.2, 0.25) is 0 Å². The average Bonchev–Trinajstić information content (AvgIpc) is 2.60. The lowest BCUT2D eigenvalue weighted by molar-refractivity contribution is 0.176. The summed E-state index contributed by atoms with van der Waals surface area (Å²) in [5, 5.41) is 0. The molecular weight excluding hydrogens is 216 g/mol. The summed E-state index contributed by atoms with van der Waals surface area (Å²) in [4.78, 5) is 4.25. The number of hydrogen-bond acceptors (Lipinski definition) is 4. The van der Waals surface area contributed by atoms with Gasteiger partial charge >= 0.3 is 0 Å². The Bertz CT molecular complexity index is 360. The van der Waals surface area contributed by atoms with E-state index in [4.69, 9.17) is 15.2 Å². The van der Waals surface area contributed by atoms with E-state index in [1.807, 2.05) is 0 Å². The van der Waals surface area contributed by atoms with E-state index in [1.54, 1.807) is 19.2 Å². The normalized spacial score (nSPS) is 17.5. The third-order valence-electron chi connectivity index (χ3n) is 3.15. The molecule has 0 amide bonds. The van der Waals surface area contributed by atoms with Gasteiger partial charge in [-0.3, -0.25) is 0 Å².